The van der Waals surface area contributed by atoms with Crippen LogP contribution in [0.15, 0.2) is 16.2 Å². The van der Waals surface area contributed by atoms with Crippen molar-refractivity contribution in [2.75, 3.05) is 25.4 Å². The Labute approximate surface area is 189 Å². The second kappa shape index (κ2) is 16.9. The van der Waals surface area contributed by atoms with Crippen LogP contribution in [-0.4, -0.2) is 69.6 Å². The highest BCUT2D eigenvalue weighted by Crippen LogP contribution is 2.24. The summed E-state index contributed by atoms with van der Waals surface area (Å²) in [7, 11) is 0. The van der Waals surface area contributed by atoms with Crippen LogP contribution in [0.4, 0.5) is 5.13 Å². The van der Waals surface area contributed by atoms with Crippen molar-refractivity contribution in [2.45, 2.75) is 12.2 Å². The van der Waals surface area contributed by atoms with Crippen molar-refractivity contribution in [1.29, 1.82) is 5.26 Å². The summed E-state index contributed by atoms with van der Waals surface area (Å²) in [6.45, 7) is 0.846. The molecule has 0 aromatic carbocycles. The molecular weight excluding hydrogens is 470 g/mol. The summed E-state index contributed by atoms with van der Waals surface area (Å²) in [4.78, 5) is 45.5. The molecule has 0 fully saturated rings. The Kier molecular flexibility index (Phi) is 14.9. The fraction of sp³-hybridized carbons (Fsp3) is 0.429. The number of thioether (sulfide) groups is 1. The Morgan fingerprint density at radius 2 is 2.09 bits per heavy atom. The minimum atomic E-state index is -1.82. The van der Waals surface area contributed by atoms with E-state index >= 15 is 0 Å². The molecule has 1 rings (SSSR count). The molecule has 0 amide bonds. The molecule has 176 valence electrons. The van der Waals surface area contributed by atoms with Crippen LogP contribution in [0.3, 0.4) is 0 Å². The molecule has 0 aliphatic carbocycles. The number of nitriles is 1. The Balaban J connectivity index is 0.00000140. The number of nitrogens with two attached hydrogens (primary N) is 2. The maximum absolute atomic E-state index is 10.0. The number of nitrogens with zero attached hydrogens (tertiary/aromatic N) is 5. The van der Waals surface area contributed by atoms with E-state index in [1.165, 1.54) is 11.3 Å². The molecule has 1 aromatic rings. The maximum Gasteiger partial charge on any atom is 0.414 e. The van der Waals surface area contributed by atoms with Gasteiger partial charge in [0.05, 0.1) is 6.61 Å². The zero-order valence-electron chi connectivity index (χ0n) is 16.5. The van der Waals surface area contributed by atoms with Gasteiger partial charge in [-0.1, -0.05) is 11.3 Å². The first-order valence-electron chi connectivity index (χ1n) is 8.44. The Morgan fingerprint density at radius 1 is 1.41 bits per heavy atom. The molecule has 1 heterocycles. The van der Waals surface area contributed by atoms with E-state index in [0.29, 0.717) is 30.6 Å². The van der Waals surface area contributed by atoms with Gasteiger partial charge in [-0.2, -0.15) is 22.0 Å². The van der Waals surface area contributed by atoms with E-state index in [-0.39, 0.29) is 12.6 Å². The second-order valence-corrected chi connectivity index (χ2v) is 7.31. The molecule has 0 unspecified atom stereocenters. The Bertz CT molecular complexity index is 838. The smallest absolute Gasteiger partial charge is 0.414 e. The van der Waals surface area contributed by atoms with Gasteiger partial charge in [0.25, 0.3) is 5.09 Å². The highest BCUT2D eigenvalue weighted by Gasteiger charge is 2.04. The van der Waals surface area contributed by atoms with Crippen LogP contribution < -0.4 is 22.1 Å². The predicted molar refractivity (Wildman–Crippen MR) is 116 cm³/mol. The van der Waals surface area contributed by atoms with E-state index in [2.05, 4.69) is 30.4 Å². The Morgan fingerprint density at radius 3 is 2.66 bits per heavy atom. The number of carboxylic acid groups (broad SMARTS) is 2. The van der Waals surface area contributed by atoms with Crippen LogP contribution in [0.5, 0.6) is 0 Å². The molecule has 0 saturated carbocycles. The van der Waals surface area contributed by atoms with Gasteiger partial charge in [-0.3, -0.25) is 10.3 Å². The highest BCUT2D eigenvalue weighted by molar-refractivity contribution is 7.98. The standard InChI is InChI=1S/C12H19N9O3S2.C2H2O4/c13-8-19-11(16-2-1-4-24-21(22)23)17-3-5-25-7-9-6-18-12(26-9)20-10(14)15;3-1(4)2(5)6/h6H,1-5,7H2,(H2,16,17,19)(H4,14,15,18,20);(H,3,4)(H,5,6). The van der Waals surface area contributed by atoms with E-state index in [1.807, 2.05) is 0 Å². The molecule has 0 saturated heterocycles. The molecule has 0 aliphatic heterocycles. The van der Waals surface area contributed by atoms with Crippen molar-refractivity contribution in [2.24, 2.45) is 21.5 Å². The van der Waals surface area contributed by atoms with Crippen LogP contribution in [0.1, 0.15) is 11.3 Å². The fourth-order valence-corrected chi connectivity index (χ4v) is 3.28. The molecule has 16 nitrogen and oxygen atoms in total. The number of carboxylic acids is 2. The lowest BCUT2D eigenvalue weighted by molar-refractivity contribution is -0.757. The summed E-state index contributed by atoms with van der Waals surface area (Å²) < 4.78 is 0. The quantitative estimate of drug-likeness (QED) is 0.0318. The van der Waals surface area contributed by atoms with Gasteiger partial charge in [0, 0.05) is 35.7 Å². The van der Waals surface area contributed by atoms with Gasteiger partial charge in [0.15, 0.2) is 12.2 Å². The fourth-order valence-electron chi connectivity index (χ4n) is 1.53. The van der Waals surface area contributed by atoms with Crippen molar-refractivity contribution >= 4 is 52.1 Å². The van der Waals surface area contributed by atoms with Crippen LogP contribution >= 0.6 is 23.1 Å². The predicted octanol–water partition coefficient (Wildman–Crippen LogP) is -0.949. The summed E-state index contributed by atoms with van der Waals surface area (Å²) in [6, 6.07) is 0. The third-order valence-electron chi connectivity index (χ3n) is 2.68. The van der Waals surface area contributed by atoms with Crippen LogP contribution in [0.2, 0.25) is 0 Å². The largest absolute Gasteiger partial charge is 0.473 e. The summed E-state index contributed by atoms with van der Waals surface area (Å²) in [5, 5.41) is 38.6. The minimum Gasteiger partial charge on any atom is -0.473 e. The van der Waals surface area contributed by atoms with E-state index in [9.17, 15) is 10.1 Å². The summed E-state index contributed by atoms with van der Waals surface area (Å²) >= 11 is 3.08. The van der Waals surface area contributed by atoms with Gasteiger partial charge < -0.3 is 31.8 Å². The van der Waals surface area contributed by atoms with E-state index < -0.39 is 17.0 Å². The lowest BCUT2D eigenvalue weighted by Gasteiger charge is -2.07. The molecular formula is C14H21N9O7S2. The number of aromatic nitrogens is 1. The third kappa shape index (κ3) is 16.0. The van der Waals surface area contributed by atoms with Gasteiger partial charge in [0.1, 0.15) is 0 Å². The molecule has 0 bridgehead atoms. The van der Waals surface area contributed by atoms with Crippen molar-refractivity contribution < 1.29 is 29.7 Å². The van der Waals surface area contributed by atoms with Crippen molar-refractivity contribution in [3.63, 3.8) is 0 Å². The number of guanidine groups is 2. The van der Waals surface area contributed by atoms with E-state index in [4.69, 9.17) is 36.5 Å². The van der Waals surface area contributed by atoms with Crippen LogP contribution in [-0.2, 0) is 20.2 Å². The number of aliphatic imine (C=N–C) groups is 2. The minimum absolute atomic E-state index is 0.0236. The maximum atomic E-state index is 10.0. The first kappa shape index (κ1) is 28.1. The van der Waals surface area contributed by atoms with Crippen LogP contribution in [0, 0.1) is 21.6 Å². The first-order valence-corrected chi connectivity index (χ1v) is 10.4. The molecule has 0 atom stereocenters. The Hall–Kier alpha value is -3.85. The normalized spacial score (nSPS) is 10.0. The second-order valence-electron chi connectivity index (χ2n) is 5.11. The number of aliphatic carboxylic acids is 2. The number of nitrogens with one attached hydrogen (secondary N) is 2. The third-order valence-corrected chi connectivity index (χ3v) is 4.76. The van der Waals surface area contributed by atoms with Gasteiger partial charge in [-0.15, -0.1) is 10.1 Å². The first-order chi connectivity index (χ1) is 15.1. The summed E-state index contributed by atoms with van der Waals surface area (Å²) in [5.41, 5.74) is 10.6. The molecule has 32 heavy (non-hydrogen) atoms. The molecule has 0 aliphatic rings. The number of hydrogen-bond donors (Lipinski definition) is 6. The van der Waals surface area contributed by atoms with Gasteiger partial charge >= 0.3 is 11.9 Å². The lowest BCUT2D eigenvalue weighted by atomic mass is 10.5. The molecule has 1 aromatic heterocycles. The topological polar surface area (TPSA) is 264 Å². The SMILES string of the molecule is N#CNC(=NCCCO[N+](=O)[O-])NCCSCc1cnc(N=C(N)N)s1.O=C(O)C(=O)O. The summed E-state index contributed by atoms with van der Waals surface area (Å²) in [5.74, 6) is -1.82. The van der Waals surface area contributed by atoms with E-state index in [0.717, 1.165) is 16.4 Å². The van der Waals surface area contributed by atoms with Crippen molar-refractivity contribution in [1.82, 2.24) is 15.6 Å². The monoisotopic (exact) mass is 491 g/mol. The molecule has 8 N–H and O–H groups in total. The zero-order valence-corrected chi connectivity index (χ0v) is 18.1. The number of rotatable bonds is 11. The zero-order chi connectivity index (χ0) is 24.4. The van der Waals surface area contributed by atoms with Gasteiger partial charge in [0.2, 0.25) is 11.1 Å². The summed E-state index contributed by atoms with van der Waals surface area (Å²) in [6.07, 6.45) is 3.88. The number of hydrogen-bond acceptors (Lipinski definition) is 11. The molecule has 18 heteroatoms. The van der Waals surface area contributed by atoms with Gasteiger partial charge in [-0.05, 0) is 6.42 Å². The average Bonchev–Trinajstić information content (AvgIpc) is 3.13. The van der Waals surface area contributed by atoms with Crippen molar-refractivity contribution in [3.8, 4) is 6.19 Å². The molecule has 0 spiro atoms. The number of carbonyl (C=O) groups is 2. The average molecular weight is 492 g/mol. The lowest BCUT2D eigenvalue weighted by Crippen LogP contribution is -2.36. The molecule has 0 radical (unpaired) electrons. The van der Waals surface area contributed by atoms with E-state index in [1.54, 1.807) is 24.2 Å². The van der Waals surface area contributed by atoms with Crippen LogP contribution in [0.25, 0.3) is 0 Å². The van der Waals surface area contributed by atoms with Crippen molar-refractivity contribution in [3.05, 3.63) is 21.2 Å². The highest BCUT2D eigenvalue weighted by atomic mass is 32.2. The number of thiazole rings is 1. The van der Waals surface area contributed by atoms with Gasteiger partial charge in [-0.25, -0.2) is 14.6 Å².